The molecule has 0 aromatic carbocycles. The first kappa shape index (κ1) is 13.0. The SMILES string of the molecule is CCC(C)C(C)CCNC(C)(C)C. The molecule has 0 amide bonds. The molecule has 0 saturated heterocycles. The molecule has 0 rings (SSSR count). The normalized spacial score (nSPS) is 17.1. The Morgan fingerprint density at radius 3 is 2.00 bits per heavy atom. The topological polar surface area (TPSA) is 12.0 Å². The highest BCUT2D eigenvalue weighted by Gasteiger charge is 2.12. The molecular weight excluding hydrogens is 158 g/mol. The fraction of sp³-hybridized carbons (Fsp3) is 1.00. The van der Waals surface area contributed by atoms with Gasteiger partial charge in [0.1, 0.15) is 0 Å². The van der Waals surface area contributed by atoms with Gasteiger partial charge in [-0.15, -0.1) is 0 Å². The second-order valence-corrected chi connectivity index (χ2v) is 5.33. The summed E-state index contributed by atoms with van der Waals surface area (Å²) in [6.07, 6.45) is 2.60. The average molecular weight is 185 g/mol. The Bertz CT molecular complexity index is 124. The van der Waals surface area contributed by atoms with E-state index >= 15 is 0 Å². The monoisotopic (exact) mass is 185 g/mol. The first-order valence-electron chi connectivity index (χ1n) is 5.62. The number of nitrogens with one attached hydrogen (secondary N) is 1. The van der Waals surface area contributed by atoms with Crippen LogP contribution in [0.25, 0.3) is 0 Å². The van der Waals surface area contributed by atoms with Gasteiger partial charge >= 0.3 is 0 Å². The van der Waals surface area contributed by atoms with Crippen molar-refractivity contribution in [3.8, 4) is 0 Å². The lowest BCUT2D eigenvalue weighted by molar-refractivity contribution is 0.326. The summed E-state index contributed by atoms with van der Waals surface area (Å²) in [7, 11) is 0. The van der Waals surface area contributed by atoms with Crippen LogP contribution in [0.4, 0.5) is 0 Å². The zero-order valence-electron chi connectivity index (χ0n) is 10.3. The number of hydrogen-bond acceptors (Lipinski definition) is 1. The van der Waals surface area contributed by atoms with Gasteiger partial charge in [-0.25, -0.2) is 0 Å². The summed E-state index contributed by atoms with van der Waals surface area (Å²) < 4.78 is 0. The molecule has 0 bridgehead atoms. The molecule has 1 heteroatoms. The van der Waals surface area contributed by atoms with Gasteiger partial charge in [0, 0.05) is 5.54 Å². The van der Waals surface area contributed by atoms with E-state index in [1.165, 1.54) is 12.8 Å². The van der Waals surface area contributed by atoms with Gasteiger partial charge < -0.3 is 5.32 Å². The van der Waals surface area contributed by atoms with Crippen LogP contribution in [-0.2, 0) is 0 Å². The van der Waals surface area contributed by atoms with Crippen LogP contribution in [0.15, 0.2) is 0 Å². The van der Waals surface area contributed by atoms with E-state index in [4.69, 9.17) is 0 Å². The summed E-state index contributed by atoms with van der Waals surface area (Å²) in [5, 5.41) is 3.53. The largest absolute Gasteiger partial charge is 0.312 e. The Hall–Kier alpha value is -0.0400. The number of hydrogen-bond donors (Lipinski definition) is 1. The van der Waals surface area contributed by atoms with Crippen LogP contribution in [-0.4, -0.2) is 12.1 Å². The van der Waals surface area contributed by atoms with E-state index < -0.39 is 0 Å². The van der Waals surface area contributed by atoms with Crippen molar-refractivity contribution in [2.24, 2.45) is 11.8 Å². The highest BCUT2D eigenvalue weighted by molar-refractivity contribution is 4.71. The van der Waals surface area contributed by atoms with E-state index in [1.54, 1.807) is 0 Å². The Morgan fingerprint density at radius 2 is 1.62 bits per heavy atom. The molecule has 0 spiro atoms. The molecule has 80 valence electrons. The Balaban J connectivity index is 3.53. The molecule has 13 heavy (non-hydrogen) atoms. The molecule has 0 heterocycles. The first-order valence-corrected chi connectivity index (χ1v) is 5.62. The predicted molar refractivity (Wildman–Crippen MR) is 61.0 cm³/mol. The third-order valence-electron chi connectivity index (χ3n) is 2.87. The van der Waals surface area contributed by atoms with Gasteiger partial charge in [0.25, 0.3) is 0 Å². The molecule has 0 aliphatic rings. The lowest BCUT2D eigenvalue weighted by Gasteiger charge is -2.24. The quantitative estimate of drug-likeness (QED) is 0.692. The molecule has 0 aliphatic carbocycles. The van der Waals surface area contributed by atoms with Crippen LogP contribution in [0, 0.1) is 11.8 Å². The van der Waals surface area contributed by atoms with Gasteiger partial charge in [0.2, 0.25) is 0 Å². The third-order valence-corrected chi connectivity index (χ3v) is 2.87. The van der Waals surface area contributed by atoms with E-state index in [0.717, 1.165) is 18.4 Å². The van der Waals surface area contributed by atoms with Crippen molar-refractivity contribution >= 4 is 0 Å². The number of rotatable bonds is 5. The molecule has 0 aliphatic heterocycles. The lowest BCUT2D eigenvalue weighted by atomic mass is 9.90. The molecule has 0 fully saturated rings. The fourth-order valence-corrected chi connectivity index (χ4v) is 1.36. The molecule has 0 radical (unpaired) electrons. The molecule has 0 aromatic heterocycles. The van der Waals surface area contributed by atoms with Crippen molar-refractivity contribution in [2.75, 3.05) is 6.54 Å². The molecule has 0 aromatic rings. The minimum absolute atomic E-state index is 0.273. The van der Waals surface area contributed by atoms with E-state index in [-0.39, 0.29) is 5.54 Å². The standard InChI is InChI=1S/C12H27N/c1-7-10(2)11(3)8-9-13-12(4,5)6/h10-11,13H,7-9H2,1-6H3. The summed E-state index contributed by atoms with van der Waals surface area (Å²) in [5.41, 5.74) is 0.273. The maximum absolute atomic E-state index is 3.53. The van der Waals surface area contributed by atoms with Crippen LogP contribution >= 0.6 is 0 Å². The van der Waals surface area contributed by atoms with Crippen molar-refractivity contribution in [3.63, 3.8) is 0 Å². The van der Waals surface area contributed by atoms with E-state index in [1.807, 2.05) is 0 Å². The van der Waals surface area contributed by atoms with Crippen molar-refractivity contribution in [1.82, 2.24) is 5.32 Å². The first-order chi connectivity index (χ1) is 5.87. The van der Waals surface area contributed by atoms with E-state index in [2.05, 4.69) is 46.9 Å². The molecule has 2 unspecified atom stereocenters. The summed E-state index contributed by atoms with van der Waals surface area (Å²) in [5.74, 6) is 1.71. The smallest absolute Gasteiger partial charge is 0.00965 e. The second kappa shape index (κ2) is 5.64. The van der Waals surface area contributed by atoms with Crippen molar-refractivity contribution in [2.45, 2.75) is 59.9 Å². The van der Waals surface area contributed by atoms with Crippen LogP contribution in [0.3, 0.4) is 0 Å². The van der Waals surface area contributed by atoms with Crippen molar-refractivity contribution in [3.05, 3.63) is 0 Å². The van der Waals surface area contributed by atoms with Crippen molar-refractivity contribution in [1.29, 1.82) is 0 Å². The fourth-order valence-electron chi connectivity index (χ4n) is 1.36. The highest BCUT2D eigenvalue weighted by Crippen LogP contribution is 2.17. The predicted octanol–water partition coefficient (Wildman–Crippen LogP) is 3.45. The Labute approximate surface area is 84.3 Å². The van der Waals surface area contributed by atoms with Crippen LogP contribution in [0.2, 0.25) is 0 Å². The van der Waals surface area contributed by atoms with Gasteiger partial charge in [0.15, 0.2) is 0 Å². The molecule has 0 saturated carbocycles. The zero-order chi connectivity index (χ0) is 10.5. The average Bonchev–Trinajstić information content (AvgIpc) is 2.00. The summed E-state index contributed by atoms with van der Waals surface area (Å²) in [6, 6.07) is 0. The van der Waals surface area contributed by atoms with Gasteiger partial charge in [-0.05, 0) is 45.6 Å². The van der Waals surface area contributed by atoms with Gasteiger partial charge in [-0.1, -0.05) is 27.2 Å². The highest BCUT2D eigenvalue weighted by atomic mass is 14.9. The van der Waals surface area contributed by atoms with Crippen LogP contribution in [0.1, 0.15) is 54.4 Å². The lowest BCUT2D eigenvalue weighted by Crippen LogP contribution is -2.37. The molecule has 1 nitrogen and oxygen atoms in total. The molecule has 1 N–H and O–H groups in total. The van der Waals surface area contributed by atoms with Gasteiger partial charge in [0.05, 0.1) is 0 Å². The molecular formula is C12H27N. The van der Waals surface area contributed by atoms with Crippen LogP contribution in [0.5, 0.6) is 0 Å². The maximum Gasteiger partial charge on any atom is 0.00965 e. The molecule has 2 atom stereocenters. The summed E-state index contributed by atoms with van der Waals surface area (Å²) in [6.45, 7) is 14.8. The van der Waals surface area contributed by atoms with E-state index in [9.17, 15) is 0 Å². The zero-order valence-corrected chi connectivity index (χ0v) is 10.3. The maximum atomic E-state index is 3.53. The minimum Gasteiger partial charge on any atom is -0.312 e. The van der Waals surface area contributed by atoms with Crippen molar-refractivity contribution < 1.29 is 0 Å². The van der Waals surface area contributed by atoms with Gasteiger partial charge in [-0.3, -0.25) is 0 Å². The Morgan fingerprint density at radius 1 is 1.08 bits per heavy atom. The third kappa shape index (κ3) is 7.06. The Kier molecular flexibility index (Phi) is 5.62. The van der Waals surface area contributed by atoms with E-state index in [0.29, 0.717) is 0 Å². The summed E-state index contributed by atoms with van der Waals surface area (Å²) >= 11 is 0. The summed E-state index contributed by atoms with van der Waals surface area (Å²) in [4.78, 5) is 0. The minimum atomic E-state index is 0.273. The second-order valence-electron chi connectivity index (χ2n) is 5.33. The van der Waals surface area contributed by atoms with Gasteiger partial charge in [-0.2, -0.15) is 0 Å². The van der Waals surface area contributed by atoms with Crippen LogP contribution < -0.4 is 5.32 Å².